The van der Waals surface area contributed by atoms with E-state index in [1.54, 1.807) is 18.4 Å². The second kappa shape index (κ2) is 4.28. The first-order valence-electron chi connectivity index (χ1n) is 6.62. The summed E-state index contributed by atoms with van der Waals surface area (Å²) in [6.45, 7) is 0. The molecule has 2 aliphatic rings. The lowest BCUT2D eigenvalue weighted by Crippen LogP contribution is -2.21. The number of hydrogen-bond acceptors (Lipinski definition) is 3. The van der Waals surface area contributed by atoms with Crippen molar-refractivity contribution < 1.29 is 14.3 Å². The van der Waals surface area contributed by atoms with Gasteiger partial charge in [0.05, 0.1) is 6.26 Å². The summed E-state index contributed by atoms with van der Waals surface area (Å²) in [7, 11) is 0. The van der Waals surface area contributed by atoms with Gasteiger partial charge < -0.3 is 4.74 Å². The molecule has 4 rings (SSSR count). The number of rotatable bonds is 1. The van der Waals surface area contributed by atoms with Gasteiger partial charge in [-0.25, -0.2) is 0 Å². The van der Waals surface area contributed by atoms with Gasteiger partial charge in [-0.3, -0.25) is 9.59 Å². The molecule has 2 aromatic rings. The van der Waals surface area contributed by atoms with Crippen LogP contribution in [-0.2, 0) is 9.53 Å². The largest absolute Gasteiger partial charge is 0.464 e. The van der Waals surface area contributed by atoms with Crippen LogP contribution in [-0.4, -0.2) is 11.6 Å². The van der Waals surface area contributed by atoms with Gasteiger partial charge in [0.15, 0.2) is 0 Å². The van der Waals surface area contributed by atoms with Crippen LogP contribution in [0.25, 0.3) is 11.3 Å². The lowest BCUT2D eigenvalue weighted by atomic mass is 9.85. The van der Waals surface area contributed by atoms with Crippen molar-refractivity contribution in [1.82, 2.24) is 0 Å². The molecule has 3 heteroatoms. The first-order chi connectivity index (χ1) is 10.3. The molecule has 0 N–H and O–H groups in total. The summed E-state index contributed by atoms with van der Waals surface area (Å²) in [5.74, 6) is -0.565. The van der Waals surface area contributed by atoms with Crippen LogP contribution in [0.4, 0.5) is 0 Å². The van der Waals surface area contributed by atoms with Crippen LogP contribution < -0.4 is 0 Å². The molecule has 3 nitrogen and oxygen atoms in total. The molecule has 0 aromatic heterocycles. The fourth-order valence-corrected chi connectivity index (χ4v) is 2.74. The molecule has 1 aliphatic heterocycles. The molecule has 0 bridgehead atoms. The fourth-order valence-electron chi connectivity index (χ4n) is 2.74. The average Bonchev–Trinajstić information content (AvgIpc) is 2.53. The highest BCUT2D eigenvalue weighted by atomic mass is 16.5. The van der Waals surface area contributed by atoms with Crippen molar-refractivity contribution in [3.8, 4) is 0 Å². The van der Waals surface area contributed by atoms with Gasteiger partial charge in [-0.2, -0.15) is 0 Å². The SMILES string of the molecule is O=C1C=C2OC=C(c3ccccc3)c3cccc(c32)C1=O. The molecule has 0 spiro atoms. The molecule has 0 fully saturated rings. The molecule has 0 unspecified atom stereocenters. The van der Waals surface area contributed by atoms with E-state index in [1.807, 2.05) is 36.4 Å². The second-order valence-electron chi connectivity index (χ2n) is 4.95. The fraction of sp³-hybridized carbons (Fsp3) is 0. The van der Waals surface area contributed by atoms with Crippen LogP contribution in [0.15, 0.2) is 60.9 Å². The number of benzene rings is 2. The predicted octanol–water partition coefficient (Wildman–Crippen LogP) is 3.21. The van der Waals surface area contributed by atoms with E-state index in [0.717, 1.165) is 16.7 Å². The molecule has 2 aromatic carbocycles. The van der Waals surface area contributed by atoms with Crippen LogP contribution >= 0.6 is 0 Å². The Bertz CT molecular complexity index is 842. The predicted molar refractivity (Wildman–Crippen MR) is 78.4 cm³/mol. The Morgan fingerprint density at radius 3 is 2.38 bits per heavy atom. The average molecular weight is 274 g/mol. The maximum absolute atomic E-state index is 12.0. The number of ether oxygens (including phenoxy) is 1. The molecular formula is C18H10O3. The molecule has 1 aliphatic carbocycles. The van der Waals surface area contributed by atoms with Crippen molar-refractivity contribution in [2.24, 2.45) is 0 Å². The standard InChI is InChI=1S/C18H10O3/c19-15-9-16-17-12(7-4-8-13(17)18(15)20)14(10-21-16)11-5-2-1-3-6-11/h1-10H. The highest BCUT2D eigenvalue weighted by Gasteiger charge is 2.31. The molecule has 21 heavy (non-hydrogen) atoms. The molecule has 0 saturated carbocycles. The number of hydrogen-bond donors (Lipinski definition) is 0. The molecule has 1 heterocycles. The van der Waals surface area contributed by atoms with Crippen LogP contribution in [0.5, 0.6) is 0 Å². The van der Waals surface area contributed by atoms with E-state index in [2.05, 4.69) is 0 Å². The van der Waals surface area contributed by atoms with E-state index in [9.17, 15) is 9.59 Å². The summed E-state index contributed by atoms with van der Waals surface area (Å²) in [5, 5.41) is 0. The summed E-state index contributed by atoms with van der Waals surface area (Å²) >= 11 is 0. The number of allylic oxidation sites excluding steroid dienone is 1. The number of carbonyl (C=O) groups excluding carboxylic acids is 2. The van der Waals surface area contributed by atoms with Gasteiger partial charge in [-0.15, -0.1) is 0 Å². The zero-order valence-corrected chi connectivity index (χ0v) is 11.0. The lowest BCUT2D eigenvalue weighted by molar-refractivity contribution is -0.111. The maximum Gasteiger partial charge on any atom is 0.233 e. The number of ketones is 2. The first kappa shape index (κ1) is 11.9. The van der Waals surface area contributed by atoms with E-state index in [1.165, 1.54) is 6.08 Å². The normalized spacial score (nSPS) is 15.8. The van der Waals surface area contributed by atoms with E-state index < -0.39 is 11.6 Å². The van der Waals surface area contributed by atoms with Crippen LogP contribution in [0.3, 0.4) is 0 Å². The summed E-state index contributed by atoms with van der Waals surface area (Å²) in [6, 6.07) is 15.2. The molecule has 0 saturated heterocycles. The van der Waals surface area contributed by atoms with E-state index in [0.29, 0.717) is 16.9 Å². The number of carbonyl (C=O) groups is 2. The zero-order chi connectivity index (χ0) is 14.4. The van der Waals surface area contributed by atoms with Gasteiger partial charge in [-0.05, 0) is 11.1 Å². The van der Waals surface area contributed by atoms with E-state index in [-0.39, 0.29) is 0 Å². The zero-order valence-electron chi connectivity index (χ0n) is 11.0. The quantitative estimate of drug-likeness (QED) is 0.750. The molecule has 100 valence electrons. The number of Topliss-reactive ketones (excluding diaryl/α,β-unsaturated/α-hetero) is 1. The van der Waals surface area contributed by atoms with Gasteiger partial charge in [0.25, 0.3) is 0 Å². The summed E-state index contributed by atoms with van der Waals surface area (Å²) in [6.07, 6.45) is 2.91. The van der Waals surface area contributed by atoms with Crippen molar-refractivity contribution >= 4 is 22.9 Å². The Kier molecular flexibility index (Phi) is 2.42. The third-order valence-corrected chi connectivity index (χ3v) is 3.72. The van der Waals surface area contributed by atoms with Gasteiger partial charge in [-0.1, -0.05) is 48.5 Å². The van der Waals surface area contributed by atoms with Crippen molar-refractivity contribution in [3.05, 3.63) is 83.1 Å². The Balaban J connectivity index is 1.99. The second-order valence-corrected chi connectivity index (χ2v) is 4.95. The minimum absolute atomic E-state index is 0.413. The van der Waals surface area contributed by atoms with Gasteiger partial charge in [0, 0.05) is 22.8 Å². The van der Waals surface area contributed by atoms with Gasteiger partial charge >= 0.3 is 0 Å². The first-order valence-corrected chi connectivity index (χ1v) is 6.62. The summed E-state index contributed by atoms with van der Waals surface area (Å²) in [4.78, 5) is 23.7. The van der Waals surface area contributed by atoms with E-state index >= 15 is 0 Å². The highest BCUT2D eigenvalue weighted by molar-refractivity contribution is 6.50. The minimum Gasteiger partial charge on any atom is -0.464 e. The van der Waals surface area contributed by atoms with Crippen molar-refractivity contribution in [1.29, 1.82) is 0 Å². The van der Waals surface area contributed by atoms with Gasteiger partial charge in [0.2, 0.25) is 11.6 Å². The van der Waals surface area contributed by atoms with Crippen molar-refractivity contribution in [2.75, 3.05) is 0 Å². The van der Waals surface area contributed by atoms with E-state index in [4.69, 9.17) is 4.74 Å². The van der Waals surface area contributed by atoms with Gasteiger partial charge in [0.1, 0.15) is 5.76 Å². The Labute approximate surface area is 121 Å². The van der Waals surface area contributed by atoms with Crippen molar-refractivity contribution in [2.45, 2.75) is 0 Å². The molecular weight excluding hydrogens is 264 g/mol. The third-order valence-electron chi connectivity index (χ3n) is 3.72. The maximum atomic E-state index is 12.0. The Morgan fingerprint density at radius 1 is 0.810 bits per heavy atom. The molecule has 0 amide bonds. The third kappa shape index (κ3) is 1.68. The van der Waals surface area contributed by atoms with Crippen LogP contribution in [0, 0.1) is 0 Å². The minimum atomic E-state index is -0.536. The highest BCUT2D eigenvalue weighted by Crippen LogP contribution is 2.39. The monoisotopic (exact) mass is 274 g/mol. The molecule has 0 atom stereocenters. The van der Waals surface area contributed by atoms with Crippen LogP contribution in [0.2, 0.25) is 0 Å². The lowest BCUT2D eigenvalue weighted by Gasteiger charge is -2.24. The Hall–Kier alpha value is -2.94. The summed E-state index contributed by atoms with van der Waals surface area (Å²) in [5.41, 5.74) is 3.96. The topological polar surface area (TPSA) is 43.4 Å². The van der Waals surface area contributed by atoms with Crippen molar-refractivity contribution in [3.63, 3.8) is 0 Å². The Morgan fingerprint density at radius 2 is 1.57 bits per heavy atom. The summed E-state index contributed by atoms with van der Waals surface area (Å²) < 4.78 is 5.60. The van der Waals surface area contributed by atoms with Crippen LogP contribution in [0.1, 0.15) is 27.0 Å². The smallest absolute Gasteiger partial charge is 0.233 e. The molecule has 0 radical (unpaired) electrons.